The van der Waals surface area contributed by atoms with Crippen molar-refractivity contribution in [3.63, 3.8) is 0 Å². The van der Waals surface area contributed by atoms with Crippen LogP contribution in [0, 0.1) is 5.92 Å². The van der Waals surface area contributed by atoms with E-state index in [0.717, 1.165) is 71.7 Å². The SMILES string of the molecule is CNc1ncc(-c2cn3cc(N4CCO[C@@H](C)C4)ccc3n2)c2cc(NC(=O)C3CC3)ncc12. The molecule has 9 heteroatoms. The highest BCUT2D eigenvalue weighted by Crippen LogP contribution is 2.34. The van der Waals surface area contributed by atoms with Crippen molar-refractivity contribution >= 4 is 39.6 Å². The van der Waals surface area contributed by atoms with Crippen LogP contribution >= 0.6 is 0 Å². The molecule has 0 radical (unpaired) electrons. The minimum Gasteiger partial charge on any atom is -0.375 e. The summed E-state index contributed by atoms with van der Waals surface area (Å²) in [4.78, 5) is 28.5. The summed E-state index contributed by atoms with van der Waals surface area (Å²) in [5.74, 6) is 1.43. The number of rotatable bonds is 5. The fourth-order valence-electron chi connectivity index (χ4n) is 4.53. The first-order valence-electron chi connectivity index (χ1n) is 11.7. The molecule has 1 saturated heterocycles. The topological polar surface area (TPSA) is 96.7 Å². The quantitative estimate of drug-likeness (QED) is 0.473. The third kappa shape index (κ3) is 3.81. The molecule has 2 aliphatic rings. The van der Waals surface area contributed by atoms with Crippen LogP contribution in [0.25, 0.3) is 27.7 Å². The van der Waals surface area contributed by atoms with Crippen molar-refractivity contribution < 1.29 is 9.53 Å². The normalized spacial score (nSPS) is 18.4. The highest BCUT2D eigenvalue weighted by atomic mass is 16.5. The summed E-state index contributed by atoms with van der Waals surface area (Å²) in [7, 11) is 1.84. The molecule has 1 amide bonds. The number of amides is 1. The lowest BCUT2D eigenvalue weighted by Gasteiger charge is -2.32. The summed E-state index contributed by atoms with van der Waals surface area (Å²) < 4.78 is 7.74. The van der Waals surface area contributed by atoms with Gasteiger partial charge in [-0.2, -0.15) is 0 Å². The minimum atomic E-state index is 0.0361. The molecule has 174 valence electrons. The maximum absolute atomic E-state index is 12.3. The average molecular weight is 458 g/mol. The zero-order valence-electron chi connectivity index (χ0n) is 19.3. The molecule has 0 aromatic carbocycles. The summed E-state index contributed by atoms with van der Waals surface area (Å²) in [5, 5.41) is 7.90. The van der Waals surface area contributed by atoms with E-state index in [1.54, 1.807) is 6.20 Å². The Balaban J connectivity index is 1.40. The molecule has 34 heavy (non-hydrogen) atoms. The van der Waals surface area contributed by atoms with Crippen LogP contribution in [-0.4, -0.2) is 58.1 Å². The van der Waals surface area contributed by atoms with Gasteiger partial charge < -0.3 is 24.7 Å². The molecule has 5 heterocycles. The number of ether oxygens (including phenoxy) is 1. The number of carbonyl (C=O) groups excluding carboxylic acids is 1. The number of imidazole rings is 1. The fraction of sp³-hybridized carbons (Fsp3) is 0.360. The first-order chi connectivity index (χ1) is 16.6. The fourth-order valence-corrected chi connectivity index (χ4v) is 4.53. The predicted octanol–water partition coefficient (Wildman–Crippen LogP) is 3.56. The predicted molar refractivity (Wildman–Crippen MR) is 132 cm³/mol. The number of pyridine rings is 3. The van der Waals surface area contributed by atoms with Crippen LogP contribution < -0.4 is 15.5 Å². The lowest BCUT2D eigenvalue weighted by atomic mass is 10.1. The number of hydrogen-bond donors (Lipinski definition) is 2. The van der Waals surface area contributed by atoms with Gasteiger partial charge in [-0.25, -0.2) is 15.0 Å². The number of carbonyl (C=O) groups is 1. The Morgan fingerprint density at radius 3 is 2.82 bits per heavy atom. The minimum absolute atomic E-state index is 0.0361. The molecule has 0 spiro atoms. The van der Waals surface area contributed by atoms with Crippen LogP contribution in [0.3, 0.4) is 0 Å². The maximum atomic E-state index is 12.3. The van der Waals surface area contributed by atoms with E-state index in [9.17, 15) is 4.79 Å². The average Bonchev–Trinajstić information content (AvgIpc) is 3.62. The molecule has 9 nitrogen and oxygen atoms in total. The van der Waals surface area contributed by atoms with Gasteiger partial charge in [-0.3, -0.25) is 4.79 Å². The van der Waals surface area contributed by atoms with Gasteiger partial charge in [0.05, 0.1) is 24.1 Å². The van der Waals surface area contributed by atoms with Crippen molar-refractivity contribution in [3.05, 3.63) is 43.0 Å². The Morgan fingerprint density at radius 2 is 2.03 bits per heavy atom. The highest BCUT2D eigenvalue weighted by Gasteiger charge is 2.30. The van der Waals surface area contributed by atoms with Gasteiger partial charge in [-0.05, 0) is 38.0 Å². The van der Waals surface area contributed by atoms with Gasteiger partial charge in [-0.15, -0.1) is 0 Å². The van der Waals surface area contributed by atoms with Crippen molar-refractivity contribution in [2.45, 2.75) is 25.9 Å². The van der Waals surface area contributed by atoms with Gasteiger partial charge >= 0.3 is 0 Å². The first-order valence-corrected chi connectivity index (χ1v) is 11.7. The monoisotopic (exact) mass is 457 g/mol. The number of aromatic nitrogens is 4. The Kier molecular flexibility index (Phi) is 5.06. The molecule has 4 aromatic rings. The second kappa shape index (κ2) is 8.25. The molecule has 1 aliphatic carbocycles. The zero-order valence-corrected chi connectivity index (χ0v) is 19.3. The van der Waals surface area contributed by atoms with Gasteiger partial charge in [-0.1, -0.05) is 0 Å². The summed E-state index contributed by atoms with van der Waals surface area (Å²) in [5.41, 5.74) is 3.72. The van der Waals surface area contributed by atoms with Crippen molar-refractivity contribution in [2.75, 3.05) is 42.3 Å². The lowest BCUT2D eigenvalue weighted by molar-refractivity contribution is -0.117. The summed E-state index contributed by atoms with van der Waals surface area (Å²) in [6.07, 6.45) is 9.84. The number of hydrogen-bond acceptors (Lipinski definition) is 7. The second-order valence-electron chi connectivity index (χ2n) is 9.06. The third-order valence-electron chi connectivity index (χ3n) is 6.53. The van der Waals surface area contributed by atoms with E-state index in [-0.39, 0.29) is 17.9 Å². The third-order valence-corrected chi connectivity index (χ3v) is 6.53. The van der Waals surface area contributed by atoms with Crippen LogP contribution in [-0.2, 0) is 9.53 Å². The standard InChI is InChI=1S/C25H27N7O2/c1-15-12-31(7-8-34-15)17-5-6-23-29-21(14-32(23)13-17)19-10-28-24(26-2)20-11-27-22(9-18(19)20)30-25(33)16-3-4-16/h5-6,9-11,13-16H,3-4,7-8,12H2,1-2H3,(H,26,28)(H,27,30,33)/t15-/m0/s1. The Labute approximate surface area is 197 Å². The number of nitrogens with one attached hydrogen (secondary N) is 2. The van der Waals surface area contributed by atoms with Crippen molar-refractivity contribution in [3.8, 4) is 11.3 Å². The van der Waals surface area contributed by atoms with Crippen molar-refractivity contribution in [2.24, 2.45) is 5.92 Å². The van der Waals surface area contributed by atoms with E-state index in [1.165, 1.54) is 0 Å². The molecular weight excluding hydrogens is 430 g/mol. The van der Waals surface area contributed by atoms with Crippen LogP contribution in [0.4, 0.5) is 17.3 Å². The number of anilines is 3. The Bertz CT molecular complexity index is 1400. The molecule has 1 aliphatic heterocycles. The highest BCUT2D eigenvalue weighted by molar-refractivity contribution is 6.03. The number of fused-ring (bicyclic) bond motifs is 2. The van der Waals surface area contributed by atoms with E-state index in [0.29, 0.717) is 5.82 Å². The van der Waals surface area contributed by atoms with Crippen molar-refractivity contribution in [1.82, 2.24) is 19.4 Å². The molecule has 0 bridgehead atoms. The van der Waals surface area contributed by atoms with Crippen molar-refractivity contribution in [1.29, 1.82) is 0 Å². The van der Waals surface area contributed by atoms with Gasteiger partial charge in [0.15, 0.2) is 0 Å². The molecule has 0 unspecified atom stereocenters. The maximum Gasteiger partial charge on any atom is 0.228 e. The van der Waals surface area contributed by atoms with E-state index < -0.39 is 0 Å². The molecular formula is C25H27N7O2. The van der Waals surface area contributed by atoms with Crippen LogP contribution in [0.1, 0.15) is 19.8 Å². The van der Waals surface area contributed by atoms with Gasteiger partial charge in [0.25, 0.3) is 0 Å². The first kappa shape index (κ1) is 20.9. The van der Waals surface area contributed by atoms with E-state index >= 15 is 0 Å². The molecule has 1 saturated carbocycles. The van der Waals surface area contributed by atoms with Gasteiger partial charge in [0.2, 0.25) is 5.91 Å². The Morgan fingerprint density at radius 1 is 1.15 bits per heavy atom. The smallest absolute Gasteiger partial charge is 0.228 e. The Hall–Kier alpha value is -3.72. The molecule has 4 aromatic heterocycles. The lowest BCUT2D eigenvalue weighted by Crippen LogP contribution is -2.41. The number of morpholine rings is 1. The van der Waals surface area contributed by atoms with Crippen LogP contribution in [0.5, 0.6) is 0 Å². The van der Waals surface area contributed by atoms with Crippen LogP contribution in [0.2, 0.25) is 0 Å². The largest absolute Gasteiger partial charge is 0.375 e. The molecule has 2 N–H and O–H groups in total. The summed E-state index contributed by atoms with van der Waals surface area (Å²) >= 11 is 0. The molecule has 2 fully saturated rings. The van der Waals surface area contributed by atoms with E-state index in [2.05, 4.69) is 49.1 Å². The molecule has 1 atom stereocenters. The number of nitrogens with zero attached hydrogens (tertiary/aromatic N) is 5. The van der Waals surface area contributed by atoms with E-state index in [4.69, 9.17) is 9.72 Å². The zero-order chi connectivity index (χ0) is 23.2. The summed E-state index contributed by atoms with van der Waals surface area (Å²) in [6, 6.07) is 6.07. The second-order valence-corrected chi connectivity index (χ2v) is 9.06. The van der Waals surface area contributed by atoms with Gasteiger partial charge in [0.1, 0.15) is 17.3 Å². The molecule has 6 rings (SSSR count). The van der Waals surface area contributed by atoms with Gasteiger partial charge in [0, 0.05) is 67.2 Å². The van der Waals surface area contributed by atoms with E-state index in [1.807, 2.05) is 31.6 Å². The summed E-state index contributed by atoms with van der Waals surface area (Å²) in [6.45, 7) is 4.58. The van der Waals surface area contributed by atoms with Crippen LogP contribution in [0.15, 0.2) is 43.0 Å².